The summed E-state index contributed by atoms with van der Waals surface area (Å²) in [6, 6.07) is 15.9. The Kier molecular flexibility index (Phi) is 7.20. The zero-order chi connectivity index (χ0) is 27.6. The molecule has 0 fully saturated rings. The number of carbonyl (C=O) groups is 1. The second-order valence-electron chi connectivity index (χ2n) is 8.61. The smallest absolute Gasteiger partial charge is 0.416 e. The van der Waals surface area contributed by atoms with Crippen molar-refractivity contribution in [3.05, 3.63) is 88.2 Å². The Morgan fingerprint density at radius 3 is 2.53 bits per heavy atom. The first-order valence-corrected chi connectivity index (χ1v) is 11.4. The first-order valence-electron chi connectivity index (χ1n) is 11.4. The minimum atomic E-state index is -4.59. The zero-order valence-corrected chi connectivity index (χ0v) is 20.6. The van der Waals surface area contributed by atoms with Crippen molar-refractivity contribution in [3.8, 4) is 17.1 Å². The van der Waals surface area contributed by atoms with Crippen LogP contribution in [-0.4, -0.2) is 47.1 Å². The third kappa shape index (κ3) is 5.51. The second-order valence-corrected chi connectivity index (χ2v) is 8.61. The van der Waals surface area contributed by atoms with Gasteiger partial charge in [-0.25, -0.2) is 9.78 Å². The maximum Gasteiger partial charge on any atom is 0.416 e. The minimum absolute atomic E-state index is 0.0405. The summed E-state index contributed by atoms with van der Waals surface area (Å²) in [6.07, 6.45) is -4.49. The molecule has 1 N–H and O–H groups in total. The number of anilines is 1. The number of benzene rings is 3. The molecule has 0 aliphatic carbocycles. The van der Waals surface area contributed by atoms with E-state index in [0.29, 0.717) is 11.1 Å². The number of rotatable bonds is 7. The number of fused-ring (bicyclic) bond motifs is 1. The minimum Gasteiger partial charge on any atom is -0.479 e. The average Bonchev–Trinajstić information content (AvgIpc) is 2.88. The first-order chi connectivity index (χ1) is 18.0. The van der Waals surface area contributed by atoms with E-state index in [4.69, 9.17) is 4.74 Å². The van der Waals surface area contributed by atoms with Crippen LogP contribution in [0.2, 0.25) is 0 Å². The molecule has 0 spiro atoms. The number of aliphatic carboxylic acids is 1. The Morgan fingerprint density at radius 1 is 1.11 bits per heavy atom. The highest BCUT2D eigenvalue weighted by molar-refractivity contribution is 5.86. The molecule has 1 aromatic heterocycles. The number of carboxylic acid groups (broad SMARTS) is 1. The number of alkyl halides is 3. The third-order valence-electron chi connectivity index (χ3n) is 5.68. The van der Waals surface area contributed by atoms with Gasteiger partial charge in [-0.3, -0.25) is 4.79 Å². The number of carboxylic acids is 1. The van der Waals surface area contributed by atoms with Crippen LogP contribution in [-0.2, 0) is 11.0 Å². The summed E-state index contributed by atoms with van der Waals surface area (Å²) in [5, 5.41) is 13.8. The Bertz CT molecular complexity index is 1600. The first kappa shape index (κ1) is 26.4. The predicted molar refractivity (Wildman–Crippen MR) is 138 cm³/mol. The molecule has 196 valence electrons. The summed E-state index contributed by atoms with van der Waals surface area (Å²) in [5.41, 5.74) is -0.0801. The van der Waals surface area contributed by atoms with E-state index >= 15 is 0 Å². The maximum absolute atomic E-state index is 13.4. The number of para-hydroxylation sites is 1. The fourth-order valence-corrected chi connectivity index (χ4v) is 3.62. The number of hydrogen-bond donors (Lipinski definition) is 1. The summed E-state index contributed by atoms with van der Waals surface area (Å²) in [4.78, 5) is 31.0. The van der Waals surface area contributed by atoms with Crippen molar-refractivity contribution in [3.63, 3.8) is 0 Å². The maximum atomic E-state index is 13.4. The van der Waals surface area contributed by atoms with Gasteiger partial charge in [-0.2, -0.15) is 22.9 Å². The van der Waals surface area contributed by atoms with Crippen molar-refractivity contribution >= 4 is 28.8 Å². The highest BCUT2D eigenvalue weighted by atomic mass is 19.4. The van der Waals surface area contributed by atoms with Gasteiger partial charge in [0.2, 0.25) is 0 Å². The Labute approximate surface area is 215 Å². The molecule has 0 unspecified atom stereocenters. The van der Waals surface area contributed by atoms with Crippen LogP contribution in [0.15, 0.2) is 76.6 Å². The van der Waals surface area contributed by atoms with Gasteiger partial charge >= 0.3 is 12.1 Å². The average molecular weight is 524 g/mol. The SMILES string of the molecule is C[C@@H](Oc1cc(N(C)C)ccc1C=Nn1c(-c2cccc(C(F)(F)F)c2)nc2ccccc2c1=O)C(=O)O. The lowest BCUT2D eigenvalue weighted by Crippen LogP contribution is -2.24. The van der Waals surface area contributed by atoms with Gasteiger partial charge < -0.3 is 14.7 Å². The van der Waals surface area contributed by atoms with Gasteiger partial charge in [0.15, 0.2) is 11.9 Å². The molecule has 11 heteroatoms. The molecular formula is C27H23F3N4O4. The predicted octanol–water partition coefficient (Wildman–Crippen LogP) is 4.88. The summed E-state index contributed by atoms with van der Waals surface area (Å²) in [7, 11) is 3.60. The lowest BCUT2D eigenvalue weighted by molar-refractivity contribution is -0.144. The largest absolute Gasteiger partial charge is 0.479 e. The van der Waals surface area contributed by atoms with E-state index in [1.54, 1.807) is 61.5 Å². The monoisotopic (exact) mass is 524 g/mol. The lowest BCUT2D eigenvalue weighted by atomic mass is 10.1. The van der Waals surface area contributed by atoms with Crippen molar-refractivity contribution in [2.75, 3.05) is 19.0 Å². The van der Waals surface area contributed by atoms with Crippen LogP contribution in [0.1, 0.15) is 18.1 Å². The van der Waals surface area contributed by atoms with Crippen molar-refractivity contribution in [1.82, 2.24) is 9.66 Å². The van der Waals surface area contributed by atoms with Crippen molar-refractivity contribution < 1.29 is 27.8 Å². The van der Waals surface area contributed by atoms with Crippen LogP contribution in [0.3, 0.4) is 0 Å². The van der Waals surface area contributed by atoms with Crippen molar-refractivity contribution in [2.24, 2.45) is 5.10 Å². The molecule has 0 aliphatic rings. The van der Waals surface area contributed by atoms with Crippen LogP contribution in [0.25, 0.3) is 22.3 Å². The normalized spacial score (nSPS) is 12.6. The Balaban J connectivity index is 1.90. The number of aromatic nitrogens is 2. The van der Waals surface area contributed by atoms with E-state index in [-0.39, 0.29) is 22.5 Å². The Hall–Kier alpha value is -4.67. The highest BCUT2D eigenvalue weighted by Crippen LogP contribution is 2.32. The van der Waals surface area contributed by atoms with E-state index < -0.39 is 29.4 Å². The molecule has 1 heterocycles. The molecular weight excluding hydrogens is 501 g/mol. The van der Waals surface area contributed by atoms with E-state index in [1.165, 1.54) is 25.3 Å². The zero-order valence-electron chi connectivity index (χ0n) is 20.6. The number of ether oxygens (including phenoxy) is 1. The molecule has 1 atom stereocenters. The van der Waals surface area contributed by atoms with Gasteiger partial charge in [-0.1, -0.05) is 24.3 Å². The van der Waals surface area contributed by atoms with Gasteiger partial charge in [0.25, 0.3) is 5.56 Å². The third-order valence-corrected chi connectivity index (χ3v) is 5.68. The fourth-order valence-electron chi connectivity index (χ4n) is 3.62. The molecule has 0 bridgehead atoms. The van der Waals surface area contributed by atoms with E-state index in [1.807, 2.05) is 0 Å². The van der Waals surface area contributed by atoms with Crippen LogP contribution in [0.4, 0.5) is 18.9 Å². The molecule has 38 heavy (non-hydrogen) atoms. The van der Waals surface area contributed by atoms with E-state index in [0.717, 1.165) is 22.5 Å². The van der Waals surface area contributed by atoms with Crippen molar-refractivity contribution in [2.45, 2.75) is 19.2 Å². The fraction of sp³-hybridized carbons (Fsp3) is 0.185. The Morgan fingerprint density at radius 2 is 1.84 bits per heavy atom. The molecule has 0 saturated heterocycles. The van der Waals surface area contributed by atoms with Crippen LogP contribution < -0.4 is 15.2 Å². The topological polar surface area (TPSA) is 97.0 Å². The standard InChI is InChI=1S/C27H23F3N4O4/c1-16(26(36)37)38-23-14-20(33(2)3)12-11-18(23)15-31-34-24(17-7-6-8-19(13-17)27(28,29)30)32-22-10-5-4-9-21(22)25(34)35/h4-16H,1-3H3,(H,36,37)/t16-/m1/s1. The van der Waals surface area contributed by atoms with Crippen LogP contribution >= 0.6 is 0 Å². The number of nitrogens with zero attached hydrogens (tertiary/aromatic N) is 4. The van der Waals surface area contributed by atoms with E-state index in [9.17, 15) is 27.9 Å². The summed E-state index contributed by atoms with van der Waals surface area (Å²) < 4.78 is 46.7. The molecule has 0 saturated carbocycles. The van der Waals surface area contributed by atoms with Gasteiger partial charge in [-0.15, -0.1) is 0 Å². The molecule has 3 aromatic carbocycles. The molecule has 4 rings (SSSR count). The van der Waals surface area contributed by atoms with Crippen LogP contribution in [0, 0.1) is 0 Å². The lowest BCUT2D eigenvalue weighted by Gasteiger charge is -2.17. The highest BCUT2D eigenvalue weighted by Gasteiger charge is 2.31. The molecule has 0 aliphatic heterocycles. The van der Waals surface area contributed by atoms with Crippen LogP contribution in [0.5, 0.6) is 5.75 Å². The second kappa shape index (κ2) is 10.4. The van der Waals surface area contributed by atoms with Gasteiger partial charge in [0, 0.05) is 37.0 Å². The molecule has 4 aromatic rings. The van der Waals surface area contributed by atoms with Crippen molar-refractivity contribution in [1.29, 1.82) is 0 Å². The number of halogens is 3. The summed E-state index contributed by atoms with van der Waals surface area (Å²) >= 11 is 0. The number of hydrogen-bond acceptors (Lipinski definition) is 6. The summed E-state index contributed by atoms with van der Waals surface area (Å²) in [6.45, 7) is 1.37. The van der Waals surface area contributed by atoms with Gasteiger partial charge in [-0.05, 0) is 43.3 Å². The van der Waals surface area contributed by atoms with E-state index in [2.05, 4.69) is 10.1 Å². The van der Waals surface area contributed by atoms with Gasteiger partial charge in [0.1, 0.15) is 5.75 Å². The molecule has 8 nitrogen and oxygen atoms in total. The van der Waals surface area contributed by atoms with Gasteiger partial charge in [0.05, 0.1) is 22.7 Å². The molecule has 0 radical (unpaired) electrons. The quantitative estimate of drug-likeness (QED) is 0.346. The summed E-state index contributed by atoms with van der Waals surface area (Å²) in [5.74, 6) is -1.08. The molecule has 0 amide bonds.